The number of fused-ring (bicyclic) bond motifs is 1. The van der Waals surface area contributed by atoms with Gasteiger partial charge in [0.25, 0.3) is 5.91 Å². The molecule has 3 aromatic carbocycles. The average Bonchev–Trinajstić information content (AvgIpc) is 3.69. The molecule has 3 amide bonds. The number of hydrogen-bond donors (Lipinski definition) is 1. The molecule has 4 aromatic rings. The lowest BCUT2D eigenvalue weighted by Crippen LogP contribution is -2.44. The van der Waals surface area contributed by atoms with E-state index in [2.05, 4.69) is 17.4 Å². The maximum absolute atomic E-state index is 13.0. The lowest BCUT2D eigenvalue weighted by molar-refractivity contribution is -0.134. The topological polar surface area (TPSA) is 99.9 Å². The van der Waals surface area contributed by atoms with E-state index in [-0.39, 0.29) is 29.5 Å². The van der Waals surface area contributed by atoms with Crippen molar-refractivity contribution in [3.63, 3.8) is 0 Å². The quantitative estimate of drug-likeness (QED) is 0.213. The van der Waals surface area contributed by atoms with Gasteiger partial charge in [0.05, 0.1) is 11.9 Å². The summed E-state index contributed by atoms with van der Waals surface area (Å²) in [6.45, 7) is 4.55. The summed E-state index contributed by atoms with van der Waals surface area (Å²) in [6.07, 6.45) is 9.01. The molecule has 2 saturated heterocycles. The minimum atomic E-state index is -0.571. The molecule has 9 heteroatoms. The molecule has 1 aromatic heterocycles. The van der Waals surface area contributed by atoms with E-state index in [0.717, 1.165) is 55.7 Å². The van der Waals surface area contributed by atoms with Gasteiger partial charge in [0.2, 0.25) is 11.8 Å². The van der Waals surface area contributed by atoms with E-state index >= 15 is 0 Å². The van der Waals surface area contributed by atoms with Crippen LogP contribution in [-0.2, 0) is 16.1 Å². The van der Waals surface area contributed by atoms with Crippen LogP contribution in [0.25, 0.3) is 11.0 Å². The fourth-order valence-electron chi connectivity index (χ4n) is 7.44. The number of aryl methyl sites for hydroxylation is 1. The van der Waals surface area contributed by atoms with Gasteiger partial charge in [-0.2, -0.15) is 0 Å². The normalized spacial score (nSPS) is 17.0. The second-order valence-corrected chi connectivity index (χ2v) is 14.3. The monoisotopic (exact) mass is 695 g/mol. The van der Waals surface area contributed by atoms with Crippen molar-refractivity contribution in [3.05, 3.63) is 116 Å². The lowest BCUT2D eigenvalue weighted by atomic mass is 9.86. The van der Waals surface area contributed by atoms with Crippen LogP contribution in [0.4, 0.5) is 0 Å². The Morgan fingerprint density at radius 2 is 1.58 bits per heavy atom. The van der Waals surface area contributed by atoms with Crippen LogP contribution >= 0.6 is 11.6 Å². The van der Waals surface area contributed by atoms with E-state index in [9.17, 15) is 19.2 Å². The van der Waals surface area contributed by atoms with Crippen molar-refractivity contribution in [2.75, 3.05) is 26.2 Å². The van der Waals surface area contributed by atoms with Crippen LogP contribution in [0.15, 0.2) is 82.0 Å². The van der Waals surface area contributed by atoms with E-state index in [0.29, 0.717) is 48.9 Å². The van der Waals surface area contributed by atoms with Gasteiger partial charge in [0, 0.05) is 43.7 Å². The summed E-state index contributed by atoms with van der Waals surface area (Å²) in [5.74, 6) is 0.219. The number of benzene rings is 3. The maximum atomic E-state index is 13.0. The zero-order valence-corrected chi connectivity index (χ0v) is 29.6. The highest BCUT2D eigenvalue weighted by atomic mass is 35.5. The first kappa shape index (κ1) is 35.4. The van der Waals surface area contributed by atoms with Gasteiger partial charge in [-0.1, -0.05) is 72.5 Å². The number of rotatable bonds is 7. The number of hydrogen-bond acceptors (Lipinski definition) is 5. The molecule has 3 aliphatic rings. The van der Waals surface area contributed by atoms with Crippen LogP contribution in [0.2, 0.25) is 5.02 Å². The first-order valence-corrected chi connectivity index (χ1v) is 18.3. The maximum Gasteiger partial charge on any atom is 0.287 e. The van der Waals surface area contributed by atoms with Gasteiger partial charge in [-0.3, -0.25) is 19.2 Å². The average molecular weight is 696 g/mol. The molecule has 0 radical (unpaired) electrons. The highest BCUT2D eigenvalue weighted by Gasteiger charge is 2.27. The second kappa shape index (κ2) is 16.5. The molecule has 1 aliphatic carbocycles. The molecule has 2 aliphatic heterocycles. The molecule has 0 atom stereocenters. The molecule has 0 bridgehead atoms. The lowest BCUT2D eigenvalue weighted by Gasteiger charge is -2.34. The third-order valence-corrected chi connectivity index (χ3v) is 10.6. The molecule has 262 valence electrons. The Bertz CT molecular complexity index is 1850. The SMILES string of the molecule is Cc1ccc(Cl)cc1.O=C(NCC(=O)N1CCC(c2ccccc2CN2CCCCC2=O)CC1)c1cc(=O)c2cc(C3CCCC3)ccc2o1. The van der Waals surface area contributed by atoms with Crippen molar-refractivity contribution in [2.24, 2.45) is 0 Å². The Kier molecular flexibility index (Phi) is 11.7. The van der Waals surface area contributed by atoms with E-state index < -0.39 is 5.91 Å². The highest BCUT2D eigenvalue weighted by Crippen LogP contribution is 2.35. The smallest absolute Gasteiger partial charge is 0.287 e. The molecule has 8 nitrogen and oxygen atoms in total. The minimum absolute atomic E-state index is 0.0866. The molecular formula is C41H46ClN3O5. The third-order valence-electron chi connectivity index (χ3n) is 10.3. The van der Waals surface area contributed by atoms with Gasteiger partial charge >= 0.3 is 0 Å². The van der Waals surface area contributed by atoms with E-state index in [1.54, 1.807) is 11.0 Å². The van der Waals surface area contributed by atoms with Crippen molar-refractivity contribution in [1.82, 2.24) is 15.1 Å². The third kappa shape index (κ3) is 8.83. The zero-order chi connectivity index (χ0) is 35.0. The van der Waals surface area contributed by atoms with Gasteiger partial charge in [0.1, 0.15) is 5.58 Å². The van der Waals surface area contributed by atoms with Gasteiger partial charge < -0.3 is 19.5 Å². The molecule has 3 heterocycles. The first-order chi connectivity index (χ1) is 24.2. The number of carbonyl (C=O) groups is 3. The molecule has 0 unspecified atom stereocenters. The predicted molar refractivity (Wildman–Crippen MR) is 196 cm³/mol. The van der Waals surface area contributed by atoms with Crippen LogP contribution in [0, 0.1) is 6.92 Å². The summed E-state index contributed by atoms with van der Waals surface area (Å²) < 4.78 is 5.77. The molecule has 3 fully saturated rings. The number of nitrogens with zero attached hydrogens (tertiary/aromatic N) is 2. The number of carbonyl (C=O) groups excluding carboxylic acids is 3. The van der Waals surface area contributed by atoms with Gasteiger partial charge in [0.15, 0.2) is 11.2 Å². The van der Waals surface area contributed by atoms with E-state index in [1.807, 2.05) is 60.4 Å². The summed E-state index contributed by atoms with van der Waals surface area (Å²) in [5, 5.41) is 3.93. The molecule has 50 heavy (non-hydrogen) atoms. The van der Waals surface area contributed by atoms with E-state index in [4.69, 9.17) is 16.0 Å². The molecule has 1 saturated carbocycles. The van der Waals surface area contributed by atoms with Gasteiger partial charge in [-0.25, -0.2) is 0 Å². The van der Waals surface area contributed by atoms with Crippen LogP contribution in [0.3, 0.4) is 0 Å². The fourth-order valence-corrected chi connectivity index (χ4v) is 7.56. The van der Waals surface area contributed by atoms with Gasteiger partial charge in [-0.05, 0) is 98.2 Å². The summed E-state index contributed by atoms with van der Waals surface area (Å²) in [7, 11) is 0. The zero-order valence-electron chi connectivity index (χ0n) is 28.8. The number of nitrogens with one attached hydrogen (secondary N) is 1. The Hall–Kier alpha value is -4.43. The summed E-state index contributed by atoms with van der Waals surface area (Å²) in [6, 6.07) is 23.0. The number of halogens is 1. The van der Waals surface area contributed by atoms with E-state index in [1.165, 1.54) is 35.6 Å². The Morgan fingerprint density at radius 1 is 0.840 bits per heavy atom. The van der Waals surface area contributed by atoms with Crippen molar-refractivity contribution in [2.45, 2.75) is 83.1 Å². The molecule has 0 spiro atoms. The molecular weight excluding hydrogens is 650 g/mol. The summed E-state index contributed by atoms with van der Waals surface area (Å²) in [4.78, 5) is 54.7. The Morgan fingerprint density at radius 3 is 2.30 bits per heavy atom. The molecule has 1 N–H and O–H groups in total. The Labute approximate surface area is 298 Å². The summed E-state index contributed by atoms with van der Waals surface area (Å²) >= 11 is 5.61. The van der Waals surface area contributed by atoms with Crippen molar-refractivity contribution >= 4 is 40.3 Å². The van der Waals surface area contributed by atoms with Crippen LogP contribution in [0.5, 0.6) is 0 Å². The predicted octanol–water partition coefficient (Wildman–Crippen LogP) is 7.75. The number of likely N-dealkylation sites (tertiary alicyclic amines) is 2. The van der Waals surface area contributed by atoms with Crippen LogP contribution in [-0.4, -0.2) is 53.7 Å². The number of amides is 3. The van der Waals surface area contributed by atoms with Crippen LogP contribution in [0.1, 0.15) is 102 Å². The Balaban J connectivity index is 0.000000477. The first-order valence-electron chi connectivity index (χ1n) is 18.0. The standard InChI is InChI=1S/C34H39N3O5.C7H7Cl/c38-29-20-31(42-30-13-12-25(19-28(29)30)23-7-1-2-8-23)34(41)35-21-33(40)36-17-14-24(15-18-36)27-10-4-3-9-26(27)22-37-16-6-5-11-32(37)39;1-6-2-4-7(8)5-3-6/h3-4,9-10,12-13,19-20,23-24H,1-2,5-8,11,14-18,21-22H2,(H,35,41);2-5H,1H3. The minimum Gasteiger partial charge on any atom is -0.451 e. The summed E-state index contributed by atoms with van der Waals surface area (Å²) in [5.41, 5.74) is 4.98. The van der Waals surface area contributed by atoms with Crippen molar-refractivity contribution < 1.29 is 18.8 Å². The van der Waals surface area contributed by atoms with Gasteiger partial charge in [-0.15, -0.1) is 0 Å². The van der Waals surface area contributed by atoms with Crippen molar-refractivity contribution in [3.8, 4) is 0 Å². The molecule has 7 rings (SSSR count). The fraction of sp³-hybridized carbons (Fsp3) is 0.415. The highest BCUT2D eigenvalue weighted by molar-refractivity contribution is 6.30. The van der Waals surface area contributed by atoms with Crippen molar-refractivity contribution in [1.29, 1.82) is 0 Å². The van der Waals surface area contributed by atoms with Crippen LogP contribution < -0.4 is 10.7 Å². The number of piperidine rings is 2. The largest absolute Gasteiger partial charge is 0.451 e. The second-order valence-electron chi connectivity index (χ2n) is 13.8.